The molecule has 0 aromatic heterocycles. The van der Waals surface area contributed by atoms with Crippen LogP contribution in [0, 0.1) is 0 Å². The van der Waals surface area contributed by atoms with Crippen LogP contribution in [0.4, 0.5) is 0 Å². The van der Waals surface area contributed by atoms with E-state index in [0.29, 0.717) is 0 Å². The highest BCUT2D eigenvalue weighted by molar-refractivity contribution is 9.26. The number of halogens is 1. The van der Waals surface area contributed by atoms with Gasteiger partial charge in [-0.25, -0.2) is 4.79 Å². The van der Waals surface area contributed by atoms with Gasteiger partial charge in [0.25, 0.3) is 0 Å². The molecule has 0 aliphatic rings. The van der Waals surface area contributed by atoms with E-state index in [1.165, 1.54) is 44.2 Å². The van der Waals surface area contributed by atoms with E-state index in [2.05, 4.69) is 35.0 Å². The molecule has 0 aromatic rings. The molecule has 0 N–H and O–H groups in total. The second-order valence-corrected chi connectivity index (χ2v) is 16.2. The van der Waals surface area contributed by atoms with Gasteiger partial charge >= 0.3 is 5.97 Å². The van der Waals surface area contributed by atoms with Crippen molar-refractivity contribution in [1.29, 1.82) is 0 Å². The van der Waals surface area contributed by atoms with Crippen LogP contribution in [0.15, 0.2) is 12.7 Å². The normalized spacial score (nSPS) is 13.1. The fourth-order valence-corrected chi connectivity index (χ4v) is 3.92. The van der Waals surface area contributed by atoms with Gasteiger partial charge in [0.15, 0.2) is 0 Å². The Morgan fingerprint density at radius 3 is 2.26 bits per heavy atom. The Kier molecular flexibility index (Phi) is 10.6. The lowest BCUT2D eigenvalue weighted by molar-refractivity contribution is -0.142. The molecule has 0 aliphatic heterocycles. The number of carbonyl (C=O) groups excluding carboxylic acids is 1. The maximum absolute atomic E-state index is 11.0. The summed E-state index contributed by atoms with van der Waals surface area (Å²) >= 11 is 3.80. The van der Waals surface area contributed by atoms with Crippen LogP contribution in [0.2, 0.25) is 19.1 Å². The Hall–Kier alpha value is -0.0931. The number of hydrogen-bond donors (Lipinski definition) is 0. The Labute approximate surface area is 127 Å². The first kappa shape index (κ1) is 18.9. The van der Waals surface area contributed by atoms with Crippen molar-refractivity contribution >= 4 is 28.0 Å². The smallest absolute Gasteiger partial charge is 0.330 e. The van der Waals surface area contributed by atoms with Crippen molar-refractivity contribution in [2.45, 2.75) is 77.1 Å². The van der Waals surface area contributed by atoms with Gasteiger partial charge < -0.3 is 4.74 Å². The zero-order valence-corrected chi connectivity index (χ0v) is 15.3. The number of esters is 1. The average molecular weight is 349 g/mol. The van der Waals surface area contributed by atoms with Crippen molar-refractivity contribution < 1.29 is 9.53 Å². The summed E-state index contributed by atoms with van der Waals surface area (Å²) in [7, 11) is 0. The molecule has 19 heavy (non-hydrogen) atoms. The predicted octanol–water partition coefficient (Wildman–Crippen LogP) is 5.43. The van der Waals surface area contributed by atoms with Crippen LogP contribution < -0.4 is 0 Å². The summed E-state index contributed by atoms with van der Waals surface area (Å²) in [4.78, 5) is 11.0. The van der Waals surface area contributed by atoms with Crippen LogP contribution in [-0.4, -0.2) is 18.8 Å². The average Bonchev–Trinajstić information content (AvgIpc) is 2.31. The molecule has 0 saturated carbocycles. The monoisotopic (exact) mass is 348 g/mol. The van der Waals surface area contributed by atoms with Crippen LogP contribution in [0.3, 0.4) is 0 Å². The SMILES string of the molecule is C=CC(=O)OC(C)CCCCCCCC[Si](C)(C)Br. The van der Waals surface area contributed by atoms with Gasteiger partial charge in [0.2, 0.25) is 0 Å². The van der Waals surface area contributed by atoms with E-state index < -0.39 is 6.69 Å². The summed E-state index contributed by atoms with van der Waals surface area (Å²) in [5.74, 6) is -0.311. The molecule has 112 valence electrons. The largest absolute Gasteiger partial charge is 0.460 e. The number of unbranched alkanes of at least 4 members (excludes halogenated alkanes) is 5. The van der Waals surface area contributed by atoms with Gasteiger partial charge in [0.1, 0.15) is 6.69 Å². The molecule has 0 amide bonds. The lowest BCUT2D eigenvalue weighted by Gasteiger charge is -2.13. The summed E-state index contributed by atoms with van der Waals surface area (Å²) in [5.41, 5.74) is 0. The third-order valence-electron chi connectivity index (χ3n) is 3.12. The molecule has 0 bridgehead atoms. The lowest BCUT2D eigenvalue weighted by atomic mass is 10.1. The minimum atomic E-state index is -1.01. The molecule has 0 spiro atoms. The van der Waals surface area contributed by atoms with Gasteiger partial charge in [0.05, 0.1) is 6.10 Å². The fraction of sp³-hybridized carbons (Fsp3) is 0.800. The van der Waals surface area contributed by atoms with Crippen LogP contribution in [-0.2, 0) is 9.53 Å². The molecule has 4 heteroatoms. The van der Waals surface area contributed by atoms with Crippen molar-refractivity contribution in [3.05, 3.63) is 12.7 Å². The molecule has 0 aromatic carbocycles. The number of ether oxygens (including phenoxy) is 1. The van der Waals surface area contributed by atoms with Gasteiger partial charge in [-0.3, -0.25) is 0 Å². The first-order valence-corrected chi connectivity index (χ1v) is 12.8. The van der Waals surface area contributed by atoms with Crippen molar-refractivity contribution in [2.75, 3.05) is 0 Å². The number of hydrogen-bond acceptors (Lipinski definition) is 2. The van der Waals surface area contributed by atoms with Gasteiger partial charge in [-0.2, -0.15) is 0 Å². The summed E-state index contributed by atoms with van der Waals surface area (Å²) in [6.45, 7) is 9.05. The minimum Gasteiger partial charge on any atom is -0.460 e. The molecule has 0 rings (SSSR count). The molecule has 2 nitrogen and oxygen atoms in total. The minimum absolute atomic E-state index is 0.0192. The van der Waals surface area contributed by atoms with Crippen molar-refractivity contribution in [3.8, 4) is 0 Å². The zero-order valence-electron chi connectivity index (χ0n) is 12.7. The van der Waals surface area contributed by atoms with Crippen LogP contribution in [0.25, 0.3) is 0 Å². The van der Waals surface area contributed by atoms with E-state index in [0.717, 1.165) is 12.8 Å². The molecular formula is C15H29BrO2Si. The summed E-state index contributed by atoms with van der Waals surface area (Å²) in [6.07, 6.45) is 9.93. The zero-order chi connectivity index (χ0) is 14.7. The summed E-state index contributed by atoms with van der Waals surface area (Å²) in [6, 6.07) is 1.38. The van der Waals surface area contributed by atoms with E-state index >= 15 is 0 Å². The lowest BCUT2D eigenvalue weighted by Crippen LogP contribution is -2.14. The molecule has 0 aliphatic carbocycles. The number of rotatable bonds is 11. The van der Waals surface area contributed by atoms with E-state index in [1.807, 2.05) is 6.92 Å². The second-order valence-electron chi connectivity index (χ2n) is 5.83. The highest BCUT2D eigenvalue weighted by Crippen LogP contribution is 2.21. The first-order chi connectivity index (χ1) is 8.85. The van der Waals surface area contributed by atoms with E-state index in [9.17, 15) is 4.79 Å². The topological polar surface area (TPSA) is 26.3 Å². The van der Waals surface area contributed by atoms with Gasteiger partial charge in [-0.05, 0) is 25.8 Å². The molecule has 0 fully saturated rings. The van der Waals surface area contributed by atoms with Gasteiger partial charge in [-0.1, -0.05) is 51.8 Å². The van der Waals surface area contributed by atoms with Gasteiger partial charge in [-0.15, -0.1) is 15.3 Å². The Bertz CT molecular complexity index is 261. The number of carbonyl (C=O) groups is 1. The van der Waals surface area contributed by atoms with Crippen molar-refractivity contribution in [3.63, 3.8) is 0 Å². The van der Waals surface area contributed by atoms with Crippen LogP contribution in [0.1, 0.15) is 51.9 Å². The standard InChI is InChI=1S/C15H29BrO2Si/c1-5-15(17)18-14(2)12-10-8-6-7-9-11-13-19(3,4)16/h5,14H,1,6-13H2,2-4H3. The van der Waals surface area contributed by atoms with Gasteiger partial charge in [0, 0.05) is 6.08 Å². The van der Waals surface area contributed by atoms with E-state index in [1.54, 1.807) is 0 Å². The highest BCUT2D eigenvalue weighted by atomic mass is 79.9. The van der Waals surface area contributed by atoms with Crippen molar-refractivity contribution in [1.82, 2.24) is 0 Å². The van der Waals surface area contributed by atoms with Crippen LogP contribution >= 0.6 is 15.3 Å². The van der Waals surface area contributed by atoms with Crippen molar-refractivity contribution in [2.24, 2.45) is 0 Å². The molecule has 0 radical (unpaired) electrons. The Morgan fingerprint density at radius 2 is 1.74 bits per heavy atom. The molecule has 1 atom stereocenters. The van der Waals surface area contributed by atoms with Crippen LogP contribution in [0.5, 0.6) is 0 Å². The maximum Gasteiger partial charge on any atom is 0.330 e. The summed E-state index contributed by atoms with van der Waals surface area (Å²) in [5, 5.41) is 0. The van der Waals surface area contributed by atoms with E-state index in [4.69, 9.17) is 4.74 Å². The quantitative estimate of drug-likeness (QED) is 0.163. The molecule has 1 unspecified atom stereocenters. The Balaban J connectivity index is 3.31. The summed E-state index contributed by atoms with van der Waals surface area (Å²) < 4.78 is 5.12. The predicted molar refractivity (Wildman–Crippen MR) is 89.3 cm³/mol. The molecular weight excluding hydrogens is 320 g/mol. The van der Waals surface area contributed by atoms with E-state index in [-0.39, 0.29) is 12.1 Å². The molecule has 0 saturated heterocycles. The molecule has 0 heterocycles. The third kappa shape index (κ3) is 14.1. The maximum atomic E-state index is 11.0. The Morgan fingerprint density at radius 1 is 1.21 bits per heavy atom. The fourth-order valence-electron chi connectivity index (χ4n) is 1.99. The second kappa shape index (κ2) is 10.7. The third-order valence-corrected chi connectivity index (χ3v) is 5.85. The first-order valence-electron chi connectivity index (χ1n) is 7.37. The highest BCUT2D eigenvalue weighted by Gasteiger charge is 2.14.